The van der Waals surface area contributed by atoms with Crippen LogP contribution in [0.15, 0.2) is 0 Å². The van der Waals surface area contributed by atoms with Gasteiger partial charge in [0.05, 0.1) is 11.4 Å². The van der Waals surface area contributed by atoms with Gasteiger partial charge < -0.3 is 10.1 Å². The Bertz CT molecular complexity index is 482. The fourth-order valence-electron chi connectivity index (χ4n) is 3.48. The van der Waals surface area contributed by atoms with Crippen LogP contribution >= 0.6 is 0 Å². The van der Waals surface area contributed by atoms with Gasteiger partial charge in [-0.05, 0) is 38.0 Å². The standard InChI is InChI=1S/C15H24N4O2/c1-2-12(10-5-7-21-8-6-10)16-15(20)11-3-4-13-14(9-11)18-19-17-13/h10-12H,2-9H2,1H3,(H,16,20)(H,17,18,19). The summed E-state index contributed by atoms with van der Waals surface area (Å²) in [5.41, 5.74) is 1.98. The second-order valence-electron chi connectivity index (χ2n) is 6.13. The number of ether oxygens (including phenoxy) is 1. The Hall–Kier alpha value is -1.43. The molecule has 2 aliphatic rings. The molecule has 0 radical (unpaired) electrons. The lowest BCUT2D eigenvalue weighted by molar-refractivity contribution is -0.126. The van der Waals surface area contributed by atoms with E-state index in [9.17, 15) is 4.79 Å². The Morgan fingerprint density at radius 3 is 2.86 bits per heavy atom. The zero-order valence-electron chi connectivity index (χ0n) is 12.6. The number of nitrogens with zero attached hydrogens (tertiary/aromatic N) is 2. The van der Waals surface area contributed by atoms with Crippen molar-refractivity contribution in [1.82, 2.24) is 20.7 Å². The minimum atomic E-state index is 0.0384. The van der Waals surface area contributed by atoms with Crippen LogP contribution in [0.1, 0.15) is 44.0 Å². The number of fused-ring (bicyclic) bond motifs is 1. The number of hydrogen-bond acceptors (Lipinski definition) is 4. The first-order valence-corrected chi connectivity index (χ1v) is 8.04. The molecule has 0 aromatic carbocycles. The molecule has 6 nitrogen and oxygen atoms in total. The predicted molar refractivity (Wildman–Crippen MR) is 77.7 cm³/mol. The summed E-state index contributed by atoms with van der Waals surface area (Å²) < 4.78 is 5.41. The van der Waals surface area contributed by atoms with Crippen molar-refractivity contribution in [2.45, 2.75) is 51.5 Å². The summed E-state index contributed by atoms with van der Waals surface area (Å²) in [6, 6.07) is 0.278. The number of aryl methyl sites for hydroxylation is 1. The molecule has 1 aliphatic carbocycles. The van der Waals surface area contributed by atoms with E-state index in [-0.39, 0.29) is 17.9 Å². The molecular formula is C15H24N4O2. The molecule has 1 saturated heterocycles. The van der Waals surface area contributed by atoms with Gasteiger partial charge >= 0.3 is 0 Å². The molecule has 2 N–H and O–H groups in total. The molecular weight excluding hydrogens is 268 g/mol. The SMILES string of the molecule is CCC(NC(=O)C1CCc2n[nH]nc2C1)C1CCOCC1. The van der Waals surface area contributed by atoms with Crippen LogP contribution in [0, 0.1) is 11.8 Å². The Kier molecular flexibility index (Phi) is 4.53. The van der Waals surface area contributed by atoms with Crippen molar-refractivity contribution in [2.75, 3.05) is 13.2 Å². The number of carbonyl (C=O) groups excluding carboxylic acids is 1. The molecule has 6 heteroatoms. The quantitative estimate of drug-likeness (QED) is 0.875. The van der Waals surface area contributed by atoms with Gasteiger partial charge in [-0.15, -0.1) is 0 Å². The molecule has 2 heterocycles. The van der Waals surface area contributed by atoms with Crippen molar-refractivity contribution in [3.8, 4) is 0 Å². The summed E-state index contributed by atoms with van der Waals surface area (Å²) in [6.45, 7) is 3.79. The van der Waals surface area contributed by atoms with Gasteiger partial charge in [-0.25, -0.2) is 0 Å². The van der Waals surface area contributed by atoms with Gasteiger partial charge in [0.25, 0.3) is 0 Å². The van der Waals surface area contributed by atoms with E-state index in [1.165, 1.54) is 0 Å². The molecule has 1 amide bonds. The highest BCUT2D eigenvalue weighted by atomic mass is 16.5. The zero-order valence-corrected chi connectivity index (χ0v) is 12.6. The molecule has 1 aromatic heterocycles. The highest BCUT2D eigenvalue weighted by molar-refractivity contribution is 5.79. The number of rotatable bonds is 4. The molecule has 1 fully saturated rings. The number of aromatic nitrogens is 3. The molecule has 1 aliphatic heterocycles. The van der Waals surface area contributed by atoms with Crippen LogP contribution in [0.25, 0.3) is 0 Å². The van der Waals surface area contributed by atoms with Gasteiger partial charge in [0.1, 0.15) is 0 Å². The monoisotopic (exact) mass is 292 g/mol. The molecule has 21 heavy (non-hydrogen) atoms. The van der Waals surface area contributed by atoms with Gasteiger partial charge in [0, 0.05) is 31.6 Å². The largest absolute Gasteiger partial charge is 0.381 e. The van der Waals surface area contributed by atoms with E-state index in [1.807, 2.05) is 0 Å². The number of H-pyrrole nitrogens is 1. The number of nitrogens with one attached hydrogen (secondary N) is 2. The van der Waals surface area contributed by atoms with E-state index >= 15 is 0 Å². The van der Waals surface area contributed by atoms with Crippen LogP contribution in [-0.4, -0.2) is 40.6 Å². The average Bonchev–Trinajstić information content (AvgIpc) is 3.00. The van der Waals surface area contributed by atoms with Crippen LogP contribution in [0.3, 0.4) is 0 Å². The zero-order chi connectivity index (χ0) is 14.7. The lowest BCUT2D eigenvalue weighted by atomic mass is 9.86. The number of carbonyl (C=O) groups is 1. The highest BCUT2D eigenvalue weighted by Crippen LogP contribution is 2.25. The van der Waals surface area contributed by atoms with Gasteiger partial charge in [0.2, 0.25) is 5.91 Å². The molecule has 116 valence electrons. The van der Waals surface area contributed by atoms with Crippen molar-refractivity contribution >= 4 is 5.91 Å². The number of hydrogen-bond donors (Lipinski definition) is 2. The average molecular weight is 292 g/mol. The Morgan fingerprint density at radius 1 is 1.33 bits per heavy atom. The Morgan fingerprint density at radius 2 is 2.10 bits per heavy atom. The summed E-state index contributed by atoms with van der Waals surface area (Å²) in [5.74, 6) is 0.775. The molecule has 0 spiro atoms. The molecule has 3 rings (SSSR count). The second-order valence-corrected chi connectivity index (χ2v) is 6.13. The smallest absolute Gasteiger partial charge is 0.223 e. The van der Waals surface area contributed by atoms with Crippen LogP contribution in [-0.2, 0) is 22.4 Å². The van der Waals surface area contributed by atoms with E-state index in [0.29, 0.717) is 12.3 Å². The van der Waals surface area contributed by atoms with Crippen molar-refractivity contribution in [3.05, 3.63) is 11.4 Å². The fourth-order valence-corrected chi connectivity index (χ4v) is 3.48. The van der Waals surface area contributed by atoms with Crippen molar-refractivity contribution in [3.63, 3.8) is 0 Å². The normalized spacial score (nSPS) is 24.3. The van der Waals surface area contributed by atoms with Crippen molar-refractivity contribution < 1.29 is 9.53 Å². The maximum atomic E-state index is 12.5. The lowest BCUT2D eigenvalue weighted by Crippen LogP contribution is -2.45. The third kappa shape index (κ3) is 3.26. The lowest BCUT2D eigenvalue weighted by Gasteiger charge is -2.32. The van der Waals surface area contributed by atoms with Gasteiger partial charge in [-0.2, -0.15) is 15.4 Å². The van der Waals surface area contributed by atoms with E-state index in [4.69, 9.17) is 4.74 Å². The second kappa shape index (κ2) is 6.56. The molecule has 0 saturated carbocycles. The maximum Gasteiger partial charge on any atom is 0.223 e. The molecule has 2 atom stereocenters. The first kappa shape index (κ1) is 14.5. The Labute approximate surface area is 125 Å². The van der Waals surface area contributed by atoms with Gasteiger partial charge in [-0.1, -0.05) is 6.92 Å². The van der Waals surface area contributed by atoms with E-state index in [1.54, 1.807) is 0 Å². The van der Waals surface area contributed by atoms with E-state index in [2.05, 4.69) is 27.7 Å². The third-order valence-corrected chi connectivity index (χ3v) is 4.85. The topological polar surface area (TPSA) is 79.9 Å². The summed E-state index contributed by atoms with van der Waals surface area (Å²) >= 11 is 0. The van der Waals surface area contributed by atoms with E-state index < -0.39 is 0 Å². The fraction of sp³-hybridized carbons (Fsp3) is 0.800. The Balaban J connectivity index is 1.57. The highest BCUT2D eigenvalue weighted by Gasteiger charge is 2.30. The minimum Gasteiger partial charge on any atom is -0.381 e. The molecule has 1 aromatic rings. The van der Waals surface area contributed by atoms with Crippen LogP contribution in [0.2, 0.25) is 0 Å². The van der Waals surface area contributed by atoms with Crippen LogP contribution in [0.5, 0.6) is 0 Å². The molecule has 2 unspecified atom stereocenters. The summed E-state index contributed by atoms with van der Waals surface area (Å²) in [6.07, 6.45) is 5.52. The van der Waals surface area contributed by atoms with Crippen molar-refractivity contribution in [2.24, 2.45) is 11.8 Å². The van der Waals surface area contributed by atoms with Crippen LogP contribution in [0.4, 0.5) is 0 Å². The van der Waals surface area contributed by atoms with E-state index in [0.717, 1.165) is 56.7 Å². The third-order valence-electron chi connectivity index (χ3n) is 4.85. The van der Waals surface area contributed by atoms with Gasteiger partial charge in [0.15, 0.2) is 0 Å². The summed E-state index contributed by atoms with van der Waals surface area (Å²) in [5, 5.41) is 14.2. The first-order chi connectivity index (χ1) is 10.3. The summed E-state index contributed by atoms with van der Waals surface area (Å²) in [7, 11) is 0. The summed E-state index contributed by atoms with van der Waals surface area (Å²) in [4.78, 5) is 12.5. The van der Waals surface area contributed by atoms with Gasteiger partial charge in [-0.3, -0.25) is 4.79 Å². The number of amides is 1. The molecule has 0 bridgehead atoms. The minimum absolute atomic E-state index is 0.0384. The predicted octanol–water partition coefficient (Wildman–Crippen LogP) is 1.23. The van der Waals surface area contributed by atoms with Crippen molar-refractivity contribution in [1.29, 1.82) is 0 Å². The van der Waals surface area contributed by atoms with Crippen LogP contribution < -0.4 is 5.32 Å². The maximum absolute atomic E-state index is 12.5. The number of aromatic amines is 1. The first-order valence-electron chi connectivity index (χ1n) is 8.04.